The van der Waals surface area contributed by atoms with Gasteiger partial charge < -0.3 is 10.6 Å². The van der Waals surface area contributed by atoms with Crippen LogP contribution in [0.1, 0.15) is 22.8 Å². The van der Waals surface area contributed by atoms with Gasteiger partial charge in [0, 0.05) is 18.4 Å². The lowest BCUT2D eigenvalue weighted by molar-refractivity contribution is 0.102. The number of hydrogen-bond donors (Lipinski definition) is 2. The number of rotatable bonds is 4. The van der Waals surface area contributed by atoms with Gasteiger partial charge in [0.2, 0.25) is 0 Å². The van der Waals surface area contributed by atoms with Gasteiger partial charge in [-0.3, -0.25) is 4.79 Å². The zero-order valence-corrected chi connectivity index (χ0v) is 11.2. The highest BCUT2D eigenvalue weighted by Gasteiger charge is 2.10. The highest BCUT2D eigenvalue weighted by Crippen LogP contribution is 2.17. The monoisotopic (exact) mass is 254 g/mol. The molecule has 3 heteroatoms. The van der Waals surface area contributed by atoms with E-state index >= 15 is 0 Å². The maximum absolute atomic E-state index is 12.2. The lowest BCUT2D eigenvalue weighted by Gasteiger charge is -2.10. The largest absolute Gasteiger partial charge is 0.387 e. The Morgan fingerprint density at radius 1 is 1.11 bits per heavy atom. The molecule has 2 aromatic rings. The standard InChI is InChI=1S/C16H18N2O/c1-3-12-7-6-8-13(11-12)18-16(19)14-9-4-5-10-15(14)17-2/h4-11,17H,3H2,1-2H3,(H,18,19). The van der Waals surface area contributed by atoms with E-state index < -0.39 is 0 Å². The lowest BCUT2D eigenvalue weighted by Crippen LogP contribution is -2.14. The fourth-order valence-corrected chi connectivity index (χ4v) is 1.97. The number of hydrogen-bond acceptors (Lipinski definition) is 2. The molecule has 0 saturated carbocycles. The summed E-state index contributed by atoms with van der Waals surface area (Å²) in [5, 5.41) is 5.95. The van der Waals surface area contributed by atoms with E-state index in [0.29, 0.717) is 5.56 Å². The SMILES string of the molecule is CCc1cccc(NC(=O)c2ccccc2NC)c1. The molecule has 0 saturated heterocycles. The van der Waals surface area contributed by atoms with Crippen molar-refractivity contribution in [2.24, 2.45) is 0 Å². The van der Waals surface area contributed by atoms with Crippen molar-refractivity contribution < 1.29 is 4.79 Å². The summed E-state index contributed by atoms with van der Waals surface area (Å²) in [6.07, 6.45) is 0.955. The van der Waals surface area contributed by atoms with Crippen LogP contribution < -0.4 is 10.6 Å². The van der Waals surface area contributed by atoms with E-state index in [9.17, 15) is 4.79 Å². The Bertz CT molecular complexity index is 578. The van der Waals surface area contributed by atoms with Crippen molar-refractivity contribution in [3.8, 4) is 0 Å². The Morgan fingerprint density at radius 3 is 2.63 bits per heavy atom. The third-order valence-electron chi connectivity index (χ3n) is 3.03. The minimum atomic E-state index is -0.0989. The molecule has 3 nitrogen and oxygen atoms in total. The van der Waals surface area contributed by atoms with Crippen LogP contribution in [0.25, 0.3) is 0 Å². The van der Waals surface area contributed by atoms with Crippen LogP contribution in [0, 0.1) is 0 Å². The number of carbonyl (C=O) groups excluding carboxylic acids is 1. The fraction of sp³-hybridized carbons (Fsp3) is 0.188. The molecule has 0 atom stereocenters. The smallest absolute Gasteiger partial charge is 0.257 e. The summed E-state index contributed by atoms with van der Waals surface area (Å²) in [6, 6.07) is 15.4. The van der Waals surface area contributed by atoms with Crippen LogP contribution >= 0.6 is 0 Å². The fourth-order valence-electron chi connectivity index (χ4n) is 1.97. The van der Waals surface area contributed by atoms with Crippen LogP contribution in [0.2, 0.25) is 0 Å². The second-order valence-electron chi connectivity index (χ2n) is 4.30. The molecule has 2 N–H and O–H groups in total. The molecule has 0 aliphatic heterocycles. The average Bonchev–Trinajstić information content (AvgIpc) is 2.47. The van der Waals surface area contributed by atoms with Gasteiger partial charge in [-0.05, 0) is 36.2 Å². The summed E-state index contributed by atoms with van der Waals surface area (Å²) in [4.78, 5) is 12.2. The van der Waals surface area contributed by atoms with Crippen molar-refractivity contribution in [3.63, 3.8) is 0 Å². The number of amides is 1. The van der Waals surface area contributed by atoms with E-state index in [1.807, 2.05) is 49.5 Å². The van der Waals surface area contributed by atoms with Crippen LogP contribution in [0.5, 0.6) is 0 Å². The number of benzene rings is 2. The van der Waals surface area contributed by atoms with Crippen LogP contribution in [0.4, 0.5) is 11.4 Å². The number of anilines is 2. The second-order valence-corrected chi connectivity index (χ2v) is 4.30. The van der Waals surface area contributed by atoms with Gasteiger partial charge in [-0.1, -0.05) is 31.2 Å². The minimum absolute atomic E-state index is 0.0989. The zero-order valence-electron chi connectivity index (χ0n) is 11.2. The van der Waals surface area contributed by atoms with E-state index in [1.54, 1.807) is 0 Å². The number of nitrogens with one attached hydrogen (secondary N) is 2. The van der Waals surface area contributed by atoms with Crippen molar-refractivity contribution in [2.45, 2.75) is 13.3 Å². The summed E-state index contributed by atoms with van der Waals surface area (Å²) in [5.74, 6) is -0.0989. The van der Waals surface area contributed by atoms with Crippen LogP contribution in [-0.2, 0) is 6.42 Å². The third-order valence-corrected chi connectivity index (χ3v) is 3.03. The Labute approximate surface area is 113 Å². The van der Waals surface area contributed by atoms with Crippen molar-refractivity contribution in [2.75, 3.05) is 17.7 Å². The molecule has 0 spiro atoms. The van der Waals surface area contributed by atoms with E-state index in [1.165, 1.54) is 5.56 Å². The van der Waals surface area contributed by atoms with Gasteiger partial charge >= 0.3 is 0 Å². The number of para-hydroxylation sites is 1. The van der Waals surface area contributed by atoms with Crippen LogP contribution in [-0.4, -0.2) is 13.0 Å². The highest BCUT2D eigenvalue weighted by molar-refractivity contribution is 6.08. The Kier molecular flexibility index (Phi) is 4.18. The summed E-state index contributed by atoms with van der Waals surface area (Å²) in [6.45, 7) is 2.09. The molecule has 0 bridgehead atoms. The molecule has 0 aliphatic rings. The first-order valence-electron chi connectivity index (χ1n) is 6.41. The molecule has 19 heavy (non-hydrogen) atoms. The quantitative estimate of drug-likeness (QED) is 0.876. The van der Waals surface area contributed by atoms with Crippen molar-refractivity contribution >= 4 is 17.3 Å². The molecule has 0 aliphatic carbocycles. The molecule has 0 heterocycles. The predicted molar refractivity (Wildman–Crippen MR) is 79.8 cm³/mol. The molecule has 0 unspecified atom stereocenters. The molecule has 2 rings (SSSR count). The van der Waals surface area contributed by atoms with Gasteiger partial charge in [-0.25, -0.2) is 0 Å². The molecular formula is C16H18N2O. The summed E-state index contributed by atoms with van der Waals surface area (Å²) < 4.78 is 0. The molecule has 1 amide bonds. The maximum atomic E-state index is 12.2. The van der Waals surface area contributed by atoms with Gasteiger partial charge in [-0.2, -0.15) is 0 Å². The van der Waals surface area contributed by atoms with Gasteiger partial charge in [0.05, 0.1) is 5.56 Å². The topological polar surface area (TPSA) is 41.1 Å². The van der Waals surface area contributed by atoms with E-state index in [-0.39, 0.29) is 5.91 Å². The van der Waals surface area contributed by atoms with Crippen molar-refractivity contribution in [1.29, 1.82) is 0 Å². The molecule has 0 fully saturated rings. The van der Waals surface area contributed by atoms with Crippen molar-refractivity contribution in [1.82, 2.24) is 0 Å². The average molecular weight is 254 g/mol. The first-order valence-corrected chi connectivity index (χ1v) is 6.41. The van der Waals surface area contributed by atoms with Gasteiger partial charge in [0.25, 0.3) is 5.91 Å². The number of carbonyl (C=O) groups is 1. The van der Waals surface area contributed by atoms with E-state index in [2.05, 4.69) is 23.6 Å². The third kappa shape index (κ3) is 3.13. The lowest BCUT2D eigenvalue weighted by atomic mass is 10.1. The van der Waals surface area contributed by atoms with Gasteiger partial charge in [0.1, 0.15) is 0 Å². The normalized spacial score (nSPS) is 10.0. The summed E-state index contributed by atoms with van der Waals surface area (Å²) in [7, 11) is 1.81. The molecule has 0 radical (unpaired) electrons. The second kappa shape index (κ2) is 6.05. The van der Waals surface area contributed by atoms with Gasteiger partial charge in [0.15, 0.2) is 0 Å². The Morgan fingerprint density at radius 2 is 1.89 bits per heavy atom. The first kappa shape index (κ1) is 13.1. The maximum Gasteiger partial charge on any atom is 0.257 e. The Balaban J connectivity index is 2.20. The van der Waals surface area contributed by atoms with Crippen LogP contribution in [0.3, 0.4) is 0 Å². The minimum Gasteiger partial charge on any atom is -0.387 e. The van der Waals surface area contributed by atoms with E-state index in [4.69, 9.17) is 0 Å². The summed E-state index contributed by atoms with van der Waals surface area (Å²) >= 11 is 0. The summed E-state index contributed by atoms with van der Waals surface area (Å²) in [5.41, 5.74) is 3.51. The predicted octanol–water partition coefficient (Wildman–Crippen LogP) is 3.54. The van der Waals surface area contributed by atoms with Crippen LogP contribution in [0.15, 0.2) is 48.5 Å². The molecule has 2 aromatic carbocycles. The van der Waals surface area contributed by atoms with Crippen molar-refractivity contribution in [3.05, 3.63) is 59.7 Å². The molecule has 98 valence electrons. The Hall–Kier alpha value is -2.29. The zero-order chi connectivity index (χ0) is 13.7. The molecular weight excluding hydrogens is 236 g/mol. The highest BCUT2D eigenvalue weighted by atomic mass is 16.1. The molecule has 0 aromatic heterocycles. The van der Waals surface area contributed by atoms with Gasteiger partial charge in [-0.15, -0.1) is 0 Å². The van der Waals surface area contributed by atoms with E-state index in [0.717, 1.165) is 17.8 Å². The number of aryl methyl sites for hydroxylation is 1. The first-order chi connectivity index (χ1) is 9.24.